The Hall–Kier alpha value is -4.47. The largest absolute Gasteiger partial charge is 0.394 e. The number of aliphatic hydroxyl groups excluding tert-OH is 8. The predicted molar refractivity (Wildman–Crippen MR) is 312 cm³/mol. The van der Waals surface area contributed by atoms with Crippen LogP contribution in [0, 0.1) is 5.92 Å². The van der Waals surface area contributed by atoms with Crippen molar-refractivity contribution in [1.82, 2.24) is 37.2 Å². The zero-order valence-corrected chi connectivity index (χ0v) is 52.9. The van der Waals surface area contributed by atoms with E-state index in [0.717, 1.165) is 6.92 Å². The number of rotatable bonds is 43. The Bertz CT molecular complexity index is 2050. The normalized spacial score (nSPS) is 26.3. The number of hydrogen-bond acceptors (Lipinski definition) is 26. The molecular weight excluding hydrogens is 1200 g/mol. The fourth-order valence-electron chi connectivity index (χ4n) is 10.2. The van der Waals surface area contributed by atoms with E-state index >= 15 is 0 Å². The van der Waals surface area contributed by atoms with Crippen molar-refractivity contribution in [2.75, 3.05) is 98.9 Å². The quantitative estimate of drug-likeness (QED) is 0.0200. The second-order valence-electron chi connectivity index (χ2n) is 23.5. The van der Waals surface area contributed by atoms with Crippen molar-refractivity contribution in [2.45, 2.75) is 216 Å². The zero-order chi connectivity index (χ0) is 67.0. The molecule has 0 radical (unpaired) electrons. The highest BCUT2D eigenvalue weighted by atomic mass is 16.7. The summed E-state index contributed by atoms with van der Waals surface area (Å²) in [7, 11) is 0. The summed E-state index contributed by atoms with van der Waals surface area (Å²) in [5.41, 5.74) is -1.70. The molecule has 522 valence electrons. The van der Waals surface area contributed by atoms with Gasteiger partial charge in [0.05, 0.1) is 97.1 Å². The smallest absolute Gasteiger partial charge is 0.223 e. The summed E-state index contributed by atoms with van der Waals surface area (Å²) in [4.78, 5) is 90.5. The third-order valence-electron chi connectivity index (χ3n) is 14.8. The number of amides is 7. The second-order valence-corrected chi connectivity index (χ2v) is 23.5. The third kappa shape index (κ3) is 30.1. The number of aliphatic hydroxyl groups is 9. The fraction of sp³-hybridized carbons (Fsp3) is 0.877. The number of carbonyl (C=O) groups excluding carboxylic acids is 7. The molecular formula is C57H103N7O26. The van der Waals surface area contributed by atoms with Crippen molar-refractivity contribution >= 4 is 41.4 Å². The van der Waals surface area contributed by atoms with Crippen LogP contribution < -0.4 is 37.2 Å². The van der Waals surface area contributed by atoms with Crippen molar-refractivity contribution in [2.24, 2.45) is 5.92 Å². The van der Waals surface area contributed by atoms with Gasteiger partial charge < -0.3 is 131 Å². The van der Waals surface area contributed by atoms with Gasteiger partial charge in [-0.3, -0.25) is 33.6 Å². The second kappa shape index (κ2) is 42.0. The maximum absolute atomic E-state index is 14.4. The van der Waals surface area contributed by atoms with Crippen LogP contribution in [0.1, 0.15) is 113 Å². The molecule has 3 rings (SSSR count). The van der Waals surface area contributed by atoms with Gasteiger partial charge in [0.25, 0.3) is 0 Å². The Kier molecular flexibility index (Phi) is 37.2. The van der Waals surface area contributed by atoms with Crippen LogP contribution in [0.4, 0.5) is 0 Å². The molecule has 7 amide bonds. The molecule has 90 heavy (non-hydrogen) atoms. The molecule has 0 bridgehead atoms. The van der Waals surface area contributed by atoms with E-state index in [1.165, 1.54) is 20.8 Å². The molecule has 0 aromatic heterocycles. The van der Waals surface area contributed by atoms with E-state index in [1.54, 1.807) is 0 Å². The standard InChI is InChI=1S/C57H103N7O26/c1-33(30-65)87-55(46(52(79)80)63-36(4)70)86-29-26-83-23-20-60-43(73)14-17-57(64-51(78)37-8-10-38(11-9-37)90-56(5,6)7,15-12-41(71)58-18-21-81-24-27-84-53-44(61-34(2)68)49(76)47(74)39(31-66)88-53)16-13-42(72)59-19-22-82-25-28-85-54-45(62-35(3)69)50(77)48(75)40(32-67)89-54/h33,37-40,44-50,52-55,65-67,74-77,79-80H,8-32H2,1-7H3,(H,58,71)(H,59,72)(H,60,73)(H,61,68)(H,62,69)(H,63,70)(H,64,78). The molecule has 3 aliphatic rings. The maximum atomic E-state index is 14.4. The summed E-state index contributed by atoms with van der Waals surface area (Å²) in [6.07, 6.45) is -13.5. The molecule has 0 spiro atoms. The lowest BCUT2D eigenvalue weighted by molar-refractivity contribution is -0.272. The monoisotopic (exact) mass is 1300 g/mol. The molecule has 0 aromatic carbocycles. The van der Waals surface area contributed by atoms with E-state index in [2.05, 4.69) is 37.2 Å². The third-order valence-corrected chi connectivity index (χ3v) is 14.8. The maximum Gasteiger partial charge on any atom is 0.223 e. The summed E-state index contributed by atoms with van der Waals surface area (Å²) in [5.74, 6) is -3.74. The van der Waals surface area contributed by atoms with E-state index in [1.807, 2.05) is 20.8 Å². The van der Waals surface area contributed by atoms with Gasteiger partial charge in [0.1, 0.15) is 54.7 Å². The minimum Gasteiger partial charge on any atom is -0.394 e. The number of ether oxygens (including phenoxy) is 10. The van der Waals surface area contributed by atoms with Gasteiger partial charge >= 0.3 is 0 Å². The molecule has 16 N–H and O–H groups in total. The minimum atomic E-state index is -2.07. The highest BCUT2D eigenvalue weighted by molar-refractivity contribution is 5.81. The molecule has 2 heterocycles. The van der Waals surface area contributed by atoms with Crippen molar-refractivity contribution in [3.63, 3.8) is 0 Å². The van der Waals surface area contributed by atoms with Gasteiger partial charge in [-0.2, -0.15) is 0 Å². The highest BCUT2D eigenvalue weighted by Crippen LogP contribution is 2.32. The van der Waals surface area contributed by atoms with Crippen molar-refractivity contribution < 1.29 is 127 Å². The van der Waals surface area contributed by atoms with Crippen LogP contribution in [-0.2, 0) is 80.9 Å². The topological polar surface area (TPSA) is 478 Å². The molecule has 2 aliphatic heterocycles. The van der Waals surface area contributed by atoms with Crippen molar-refractivity contribution in [1.29, 1.82) is 0 Å². The average Bonchev–Trinajstić information content (AvgIpc) is 1.64. The van der Waals surface area contributed by atoms with Gasteiger partial charge in [-0.15, -0.1) is 0 Å². The molecule has 0 aromatic rings. The molecule has 33 heteroatoms. The van der Waals surface area contributed by atoms with E-state index in [0.29, 0.717) is 25.7 Å². The lowest BCUT2D eigenvalue weighted by atomic mass is 9.81. The Labute approximate surface area is 524 Å². The van der Waals surface area contributed by atoms with Gasteiger partial charge in [-0.25, -0.2) is 0 Å². The van der Waals surface area contributed by atoms with Crippen LogP contribution >= 0.6 is 0 Å². The van der Waals surface area contributed by atoms with Gasteiger partial charge in [0, 0.05) is 71.1 Å². The Morgan fingerprint density at radius 3 is 1.36 bits per heavy atom. The van der Waals surface area contributed by atoms with Crippen LogP contribution in [-0.4, -0.2) is 289 Å². The molecule has 13 unspecified atom stereocenters. The predicted octanol–water partition coefficient (Wildman–Crippen LogP) is -5.57. The van der Waals surface area contributed by atoms with Crippen LogP contribution in [0.3, 0.4) is 0 Å². The minimum absolute atomic E-state index is 0.00754. The van der Waals surface area contributed by atoms with Gasteiger partial charge in [-0.05, 0) is 72.6 Å². The number of carbonyl (C=O) groups is 7. The summed E-state index contributed by atoms with van der Waals surface area (Å²) in [6.45, 7) is 8.85. The first-order valence-corrected chi connectivity index (χ1v) is 30.7. The van der Waals surface area contributed by atoms with E-state index in [4.69, 9.17) is 47.4 Å². The molecule has 1 saturated carbocycles. The summed E-state index contributed by atoms with van der Waals surface area (Å²) < 4.78 is 56.8. The van der Waals surface area contributed by atoms with Crippen LogP contribution in [0.25, 0.3) is 0 Å². The lowest BCUT2D eigenvalue weighted by Crippen LogP contribution is -2.64. The first-order valence-electron chi connectivity index (χ1n) is 30.7. The van der Waals surface area contributed by atoms with Crippen LogP contribution in [0.15, 0.2) is 0 Å². The van der Waals surface area contributed by atoms with Gasteiger partial charge in [0.2, 0.25) is 41.4 Å². The fourth-order valence-corrected chi connectivity index (χ4v) is 10.2. The first-order chi connectivity index (χ1) is 42.6. The zero-order valence-electron chi connectivity index (χ0n) is 52.9. The van der Waals surface area contributed by atoms with E-state index < -0.39 is 158 Å². The summed E-state index contributed by atoms with van der Waals surface area (Å²) in [5, 5.41) is 109. The SMILES string of the molecule is CC(=O)NC(C(O)O)C(OCCOCCNC(=O)CCC(CCC(=O)NCCOCCOC1OC(CO)C(O)C(O)C1NC(C)=O)(CCC(=O)NCCOCCOC1OC(CO)C(O)C(O)C1NC(C)=O)NC(=O)C1CCC(OC(C)(C)C)CC1)OC(C)CO. The number of nitrogens with one attached hydrogen (secondary N) is 7. The molecule has 3 fully saturated rings. The lowest BCUT2D eigenvalue weighted by Gasteiger charge is -2.42. The van der Waals surface area contributed by atoms with Crippen LogP contribution in [0.2, 0.25) is 0 Å². The summed E-state index contributed by atoms with van der Waals surface area (Å²) >= 11 is 0. The average molecular weight is 1300 g/mol. The molecule has 1 aliphatic carbocycles. The van der Waals surface area contributed by atoms with E-state index in [9.17, 15) is 79.5 Å². The van der Waals surface area contributed by atoms with Crippen molar-refractivity contribution in [3.05, 3.63) is 0 Å². The number of hydrogen-bond donors (Lipinski definition) is 16. The Morgan fingerprint density at radius 1 is 0.567 bits per heavy atom. The molecule has 33 nitrogen and oxygen atoms in total. The summed E-state index contributed by atoms with van der Waals surface area (Å²) in [6, 6.07) is -3.71. The highest BCUT2D eigenvalue weighted by Gasteiger charge is 2.47. The molecule has 13 atom stereocenters. The Morgan fingerprint density at radius 2 is 0.989 bits per heavy atom. The molecule has 2 saturated heterocycles. The first kappa shape index (κ1) is 79.8. The van der Waals surface area contributed by atoms with E-state index in [-0.39, 0.29) is 130 Å². The van der Waals surface area contributed by atoms with Gasteiger partial charge in [-0.1, -0.05) is 0 Å². The van der Waals surface area contributed by atoms with Gasteiger partial charge in [0.15, 0.2) is 25.2 Å². The van der Waals surface area contributed by atoms with Crippen LogP contribution in [0.5, 0.6) is 0 Å². The van der Waals surface area contributed by atoms with Crippen molar-refractivity contribution in [3.8, 4) is 0 Å². The Balaban J connectivity index is 1.70.